The fourth-order valence-electron chi connectivity index (χ4n) is 0.662. The Kier molecular flexibility index (Phi) is 6.35. The van der Waals surface area contributed by atoms with E-state index in [1.54, 1.807) is 6.07 Å². The average Bonchev–Trinajstić information content (AvgIpc) is 2.64. The highest BCUT2D eigenvalue weighted by molar-refractivity contribution is 7.16. The molecule has 98 valence electrons. The van der Waals surface area contributed by atoms with Gasteiger partial charge in [0.15, 0.2) is 0 Å². The molecule has 1 rings (SSSR count). The fourth-order valence-corrected chi connectivity index (χ4v) is 1.35. The van der Waals surface area contributed by atoms with Crippen molar-refractivity contribution >= 4 is 28.5 Å². The third kappa shape index (κ3) is 7.52. The molecule has 18 heavy (non-hydrogen) atoms. The van der Waals surface area contributed by atoms with E-state index in [2.05, 4.69) is 10.2 Å². The van der Waals surface area contributed by atoms with E-state index < -0.39 is 10.0 Å². The maximum atomic E-state index is 10.3. The van der Waals surface area contributed by atoms with E-state index in [1.165, 1.54) is 12.3 Å². The Morgan fingerprint density at radius 1 is 1.39 bits per heavy atom. The van der Waals surface area contributed by atoms with Crippen LogP contribution in [0.5, 0.6) is 0 Å². The van der Waals surface area contributed by atoms with E-state index in [1.807, 2.05) is 0 Å². The molecule has 1 heterocycles. The highest BCUT2D eigenvalue weighted by Crippen LogP contribution is 2.22. The van der Waals surface area contributed by atoms with Gasteiger partial charge >= 0.3 is 10.1 Å². The van der Waals surface area contributed by atoms with Crippen molar-refractivity contribution in [3.05, 3.63) is 32.0 Å². The van der Waals surface area contributed by atoms with E-state index in [-0.39, 0.29) is 11.0 Å². The zero-order valence-electron chi connectivity index (χ0n) is 8.70. The molecule has 0 aliphatic heterocycles. The molecular weight excluding hydrogens is 268 g/mol. The minimum atomic E-state index is -1.25. The zero-order chi connectivity index (χ0) is 14.1. The second-order valence-electron chi connectivity index (χ2n) is 2.46. The third-order valence-electron chi connectivity index (χ3n) is 1.15. The first-order valence-corrected chi connectivity index (χ1v) is 4.85. The smallest absolute Gasteiger partial charge is 0.369 e. The van der Waals surface area contributed by atoms with Crippen LogP contribution in [0.15, 0.2) is 22.3 Å². The summed E-state index contributed by atoms with van der Waals surface area (Å²) in [6, 6.07) is 2.95. The van der Waals surface area contributed by atoms with Crippen LogP contribution in [0.3, 0.4) is 0 Å². The number of nitro groups is 1. The molecule has 0 atom stereocenters. The van der Waals surface area contributed by atoms with Gasteiger partial charge in [0.25, 0.3) is 0 Å². The van der Waals surface area contributed by atoms with E-state index in [0.717, 1.165) is 11.3 Å². The van der Waals surface area contributed by atoms with Crippen LogP contribution in [0.25, 0.3) is 0 Å². The lowest BCUT2D eigenvalue weighted by Gasteiger charge is -1.82. The second-order valence-corrected chi connectivity index (χ2v) is 3.55. The van der Waals surface area contributed by atoms with E-state index in [0.29, 0.717) is 4.88 Å². The molecule has 11 nitrogen and oxygen atoms in total. The molecule has 0 bridgehead atoms. The molecule has 0 aliphatic rings. The molecule has 0 aromatic carbocycles. The number of hydrogen-bond donors (Lipinski definition) is 4. The molecule has 0 fully saturated rings. The Bertz CT molecular complexity index is 475. The Hall–Kier alpha value is -2.76. The minimum absolute atomic E-state index is 0.0520. The topological polar surface area (TPSA) is 180 Å². The van der Waals surface area contributed by atoms with Gasteiger partial charge in [-0.2, -0.15) is 5.10 Å². The lowest BCUT2D eigenvalue weighted by atomic mass is 10.5. The van der Waals surface area contributed by atoms with Crippen molar-refractivity contribution < 1.29 is 20.4 Å². The van der Waals surface area contributed by atoms with Crippen molar-refractivity contribution in [2.24, 2.45) is 21.7 Å². The van der Waals surface area contributed by atoms with Crippen LogP contribution in [-0.4, -0.2) is 32.6 Å². The first-order chi connectivity index (χ1) is 8.32. The third-order valence-corrected chi connectivity index (χ3v) is 2.12. The Balaban J connectivity index is 0.000000631. The highest BCUT2D eigenvalue weighted by atomic mass is 32.1. The van der Waals surface area contributed by atoms with E-state index in [4.69, 9.17) is 26.8 Å². The number of nitrogens with zero attached hydrogens (tertiary/aromatic N) is 4. The Morgan fingerprint density at radius 2 is 1.94 bits per heavy atom. The standard InChI is InChI=1S/C6H7N5O2S.H2NO3/c7-6(8)10-9-3-4-1-2-5(14-4)11(12)13;2-1(3)4/h1-3H,(H4,7,8,10);(H2,2,3,4)/q;+1/b9-3+;. The number of hydrogen-bond acceptors (Lipinski definition) is 6. The molecule has 0 spiro atoms. The molecule has 0 amide bonds. The van der Waals surface area contributed by atoms with Crippen molar-refractivity contribution in [3.8, 4) is 0 Å². The summed E-state index contributed by atoms with van der Waals surface area (Å²) in [4.78, 5) is 18.9. The van der Waals surface area contributed by atoms with Crippen molar-refractivity contribution in [1.29, 1.82) is 0 Å². The van der Waals surface area contributed by atoms with Gasteiger partial charge in [-0.1, -0.05) is 11.3 Å². The van der Waals surface area contributed by atoms with Crippen LogP contribution in [0, 0.1) is 15.0 Å². The monoisotopic (exact) mass is 277 g/mol. The molecule has 0 unspecified atom stereocenters. The lowest BCUT2D eigenvalue weighted by molar-refractivity contribution is -0.969. The molecule has 1 aromatic rings. The molecule has 12 heteroatoms. The van der Waals surface area contributed by atoms with Crippen LogP contribution in [0.4, 0.5) is 5.00 Å². The summed E-state index contributed by atoms with van der Waals surface area (Å²) in [7, 11) is 0. The van der Waals surface area contributed by atoms with Gasteiger partial charge in [-0.05, 0) is 6.07 Å². The molecular formula is C6H9N6O5S+. The predicted molar refractivity (Wildman–Crippen MR) is 61.6 cm³/mol. The maximum absolute atomic E-state index is 10.3. The Labute approximate surface area is 103 Å². The van der Waals surface area contributed by atoms with Crippen LogP contribution in [0.1, 0.15) is 4.88 Å². The molecule has 1 aromatic heterocycles. The minimum Gasteiger partial charge on any atom is -0.369 e. The van der Waals surface area contributed by atoms with Gasteiger partial charge in [0.1, 0.15) is 4.91 Å². The summed E-state index contributed by atoms with van der Waals surface area (Å²) in [5.74, 6) is -0.160. The van der Waals surface area contributed by atoms with Crippen molar-refractivity contribution in [2.75, 3.05) is 0 Å². The molecule has 0 saturated carbocycles. The largest absolute Gasteiger partial charge is 0.472 e. The Morgan fingerprint density at radius 3 is 2.33 bits per heavy atom. The van der Waals surface area contributed by atoms with Gasteiger partial charge < -0.3 is 11.5 Å². The SMILES string of the molecule is NC(N)=N/N=C/c1ccc([N+](=O)[O-])s1.O=[N+](O)O. The first-order valence-electron chi connectivity index (χ1n) is 4.04. The quantitative estimate of drug-likeness (QED) is 0.255. The van der Waals surface area contributed by atoms with E-state index in [9.17, 15) is 10.1 Å². The van der Waals surface area contributed by atoms with Gasteiger partial charge in [-0.3, -0.25) is 10.1 Å². The van der Waals surface area contributed by atoms with Crippen LogP contribution in [-0.2, 0) is 0 Å². The van der Waals surface area contributed by atoms with Crippen LogP contribution in [0.2, 0.25) is 0 Å². The maximum Gasteiger partial charge on any atom is 0.472 e. The van der Waals surface area contributed by atoms with Gasteiger partial charge in [0.2, 0.25) is 5.96 Å². The lowest BCUT2D eigenvalue weighted by Crippen LogP contribution is -2.21. The first kappa shape index (κ1) is 15.2. The zero-order valence-corrected chi connectivity index (χ0v) is 9.52. The molecule has 0 saturated heterocycles. The summed E-state index contributed by atoms with van der Waals surface area (Å²) in [6.07, 6.45) is 1.34. The summed E-state index contributed by atoms with van der Waals surface area (Å²) in [5, 5.41) is 29.7. The average molecular weight is 277 g/mol. The summed E-state index contributed by atoms with van der Waals surface area (Å²) in [5.41, 5.74) is 10.0. The van der Waals surface area contributed by atoms with Gasteiger partial charge in [-0.25, -0.2) is 10.4 Å². The van der Waals surface area contributed by atoms with Crippen molar-refractivity contribution in [3.63, 3.8) is 0 Å². The summed E-state index contributed by atoms with van der Waals surface area (Å²) in [6.45, 7) is 0. The highest BCUT2D eigenvalue weighted by Gasteiger charge is 2.07. The van der Waals surface area contributed by atoms with Crippen LogP contribution >= 0.6 is 11.3 Å². The van der Waals surface area contributed by atoms with Gasteiger partial charge in [-0.15, -0.1) is 5.10 Å². The fraction of sp³-hybridized carbons (Fsp3) is 0. The van der Waals surface area contributed by atoms with Crippen molar-refractivity contribution in [1.82, 2.24) is 0 Å². The number of rotatable bonds is 3. The number of guanidine groups is 1. The molecule has 0 aliphatic carbocycles. The summed E-state index contributed by atoms with van der Waals surface area (Å²) < 4.78 is 0. The normalized spacial score (nSPS) is 9.33. The van der Waals surface area contributed by atoms with Gasteiger partial charge in [0.05, 0.1) is 16.0 Å². The van der Waals surface area contributed by atoms with E-state index >= 15 is 0 Å². The van der Waals surface area contributed by atoms with Gasteiger partial charge in [0, 0.05) is 6.07 Å². The summed E-state index contributed by atoms with van der Waals surface area (Å²) >= 11 is 0.993. The molecule has 6 N–H and O–H groups in total. The van der Waals surface area contributed by atoms with Crippen LogP contribution < -0.4 is 11.5 Å². The molecule has 0 radical (unpaired) electrons. The predicted octanol–water partition coefficient (Wildman–Crippen LogP) is -0.193. The second kappa shape index (κ2) is 7.50. The van der Waals surface area contributed by atoms with Crippen molar-refractivity contribution in [2.45, 2.75) is 0 Å². The number of nitrogens with two attached hydrogens (primary N) is 2. The number of thiophene rings is 1.